The highest BCUT2D eigenvalue weighted by Gasteiger charge is 2.20. The predicted octanol–water partition coefficient (Wildman–Crippen LogP) is 1.43. The van der Waals surface area contributed by atoms with Gasteiger partial charge in [0.2, 0.25) is 0 Å². The Kier molecular flexibility index (Phi) is 4.22. The van der Waals surface area contributed by atoms with Crippen LogP contribution in [0.2, 0.25) is 0 Å². The summed E-state index contributed by atoms with van der Waals surface area (Å²) in [6.07, 6.45) is 4.73. The molecule has 0 radical (unpaired) electrons. The molecular weight excluding hydrogens is 162 g/mol. The summed E-state index contributed by atoms with van der Waals surface area (Å²) in [5.41, 5.74) is 5.48. The van der Waals surface area contributed by atoms with Gasteiger partial charge >= 0.3 is 0 Å². The van der Waals surface area contributed by atoms with Gasteiger partial charge in [0.1, 0.15) is 0 Å². The molecule has 1 fully saturated rings. The molecule has 0 spiro atoms. The number of likely N-dealkylation sites (tertiary alicyclic amines) is 1. The first-order valence-corrected chi connectivity index (χ1v) is 5.30. The lowest BCUT2D eigenvalue weighted by molar-refractivity contribution is 0.206. The number of nitrogens with two attached hydrogens (primary N) is 1. The van der Waals surface area contributed by atoms with E-state index in [0.29, 0.717) is 11.8 Å². The SMILES string of the molecule is CCCCN1CCC(C(=N)N)CC1. The van der Waals surface area contributed by atoms with Crippen molar-refractivity contribution in [1.29, 1.82) is 5.41 Å². The number of unbranched alkanes of at least 4 members (excludes halogenated alkanes) is 1. The van der Waals surface area contributed by atoms with Crippen molar-refractivity contribution in [3.8, 4) is 0 Å². The predicted molar refractivity (Wildman–Crippen MR) is 56.0 cm³/mol. The van der Waals surface area contributed by atoms with Gasteiger partial charge < -0.3 is 10.6 Å². The third-order valence-electron chi connectivity index (χ3n) is 2.86. The lowest BCUT2D eigenvalue weighted by atomic mass is 9.96. The Bertz CT molecular complexity index is 160. The fourth-order valence-corrected chi connectivity index (χ4v) is 1.85. The molecule has 1 rings (SSSR count). The molecule has 0 saturated carbocycles. The number of hydrogen-bond acceptors (Lipinski definition) is 2. The first-order chi connectivity index (χ1) is 6.24. The third kappa shape index (κ3) is 3.35. The van der Waals surface area contributed by atoms with E-state index in [4.69, 9.17) is 11.1 Å². The van der Waals surface area contributed by atoms with Crippen LogP contribution in [0.5, 0.6) is 0 Å². The fraction of sp³-hybridized carbons (Fsp3) is 0.900. The van der Waals surface area contributed by atoms with E-state index < -0.39 is 0 Å². The Balaban J connectivity index is 2.18. The number of piperidine rings is 1. The van der Waals surface area contributed by atoms with Crippen LogP contribution in [0, 0.1) is 11.3 Å². The van der Waals surface area contributed by atoms with Crippen molar-refractivity contribution in [3.63, 3.8) is 0 Å². The molecule has 1 aliphatic rings. The average molecular weight is 183 g/mol. The van der Waals surface area contributed by atoms with Gasteiger partial charge in [-0.1, -0.05) is 13.3 Å². The summed E-state index contributed by atoms with van der Waals surface area (Å²) < 4.78 is 0. The molecule has 1 heterocycles. The number of nitrogens with zero attached hydrogens (tertiary/aromatic N) is 1. The molecule has 0 aromatic heterocycles. The maximum atomic E-state index is 7.35. The van der Waals surface area contributed by atoms with Crippen LogP contribution < -0.4 is 5.73 Å². The minimum Gasteiger partial charge on any atom is -0.387 e. The number of hydrogen-bond donors (Lipinski definition) is 2. The van der Waals surface area contributed by atoms with Crippen LogP contribution in [-0.2, 0) is 0 Å². The Morgan fingerprint density at radius 2 is 2.08 bits per heavy atom. The second-order valence-electron chi connectivity index (χ2n) is 3.92. The van der Waals surface area contributed by atoms with E-state index in [1.165, 1.54) is 19.4 Å². The molecule has 13 heavy (non-hydrogen) atoms. The van der Waals surface area contributed by atoms with E-state index in [2.05, 4.69) is 11.8 Å². The standard InChI is InChI=1S/C10H21N3/c1-2-3-6-13-7-4-9(5-8-13)10(11)12/h9H,2-8H2,1H3,(H3,11,12). The van der Waals surface area contributed by atoms with Crippen LogP contribution in [0.1, 0.15) is 32.6 Å². The molecule has 1 aliphatic heterocycles. The Morgan fingerprint density at radius 3 is 2.54 bits per heavy atom. The summed E-state index contributed by atoms with van der Waals surface area (Å²) in [6.45, 7) is 5.71. The monoisotopic (exact) mass is 183 g/mol. The van der Waals surface area contributed by atoms with Gasteiger partial charge in [-0.2, -0.15) is 0 Å². The van der Waals surface area contributed by atoms with Gasteiger partial charge in [0.15, 0.2) is 0 Å². The molecule has 1 saturated heterocycles. The summed E-state index contributed by atoms with van der Waals surface area (Å²) in [7, 11) is 0. The Morgan fingerprint density at radius 1 is 1.46 bits per heavy atom. The normalized spacial score (nSPS) is 20.4. The van der Waals surface area contributed by atoms with Crippen LogP contribution in [0.15, 0.2) is 0 Å². The maximum absolute atomic E-state index is 7.35. The highest BCUT2D eigenvalue weighted by Crippen LogP contribution is 2.16. The van der Waals surface area contributed by atoms with Crippen molar-refractivity contribution in [1.82, 2.24) is 4.90 Å². The van der Waals surface area contributed by atoms with Crippen molar-refractivity contribution in [2.75, 3.05) is 19.6 Å². The van der Waals surface area contributed by atoms with Crippen molar-refractivity contribution in [3.05, 3.63) is 0 Å². The van der Waals surface area contributed by atoms with Gasteiger partial charge in [0.25, 0.3) is 0 Å². The molecule has 3 N–H and O–H groups in total. The lowest BCUT2D eigenvalue weighted by Crippen LogP contribution is -2.38. The topological polar surface area (TPSA) is 53.1 Å². The van der Waals surface area contributed by atoms with Crippen LogP contribution in [0.25, 0.3) is 0 Å². The molecule has 0 aromatic rings. The van der Waals surface area contributed by atoms with E-state index in [0.717, 1.165) is 25.9 Å². The molecule has 0 unspecified atom stereocenters. The smallest absolute Gasteiger partial charge is 0.0937 e. The van der Waals surface area contributed by atoms with E-state index in [-0.39, 0.29) is 0 Å². The molecule has 0 aliphatic carbocycles. The molecular formula is C10H21N3. The van der Waals surface area contributed by atoms with Crippen LogP contribution >= 0.6 is 0 Å². The molecule has 3 nitrogen and oxygen atoms in total. The minimum absolute atomic E-state index is 0.359. The third-order valence-corrected chi connectivity index (χ3v) is 2.86. The van der Waals surface area contributed by atoms with Gasteiger partial charge in [-0.3, -0.25) is 5.41 Å². The van der Waals surface area contributed by atoms with E-state index >= 15 is 0 Å². The summed E-state index contributed by atoms with van der Waals surface area (Å²) >= 11 is 0. The molecule has 0 bridgehead atoms. The molecule has 3 heteroatoms. The molecule has 0 atom stereocenters. The van der Waals surface area contributed by atoms with Gasteiger partial charge in [-0.25, -0.2) is 0 Å². The minimum atomic E-state index is 0.359. The van der Waals surface area contributed by atoms with Gasteiger partial charge in [0, 0.05) is 5.92 Å². The van der Waals surface area contributed by atoms with Crippen LogP contribution in [0.4, 0.5) is 0 Å². The van der Waals surface area contributed by atoms with E-state index in [9.17, 15) is 0 Å². The van der Waals surface area contributed by atoms with Gasteiger partial charge in [-0.05, 0) is 38.9 Å². The highest BCUT2D eigenvalue weighted by atomic mass is 15.1. The van der Waals surface area contributed by atoms with Crippen LogP contribution in [0.3, 0.4) is 0 Å². The fourth-order valence-electron chi connectivity index (χ4n) is 1.85. The first-order valence-electron chi connectivity index (χ1n) is 5.30. The van der Waals surface area contributed by atoms with Crippen molar-refractivity contribution in [2.45, 2.75) is 32.6 Å². The molecule has 0 amide bonds. The van der Waals surface area contributed by atoms with Crippen molar-refractivity contribution < 1.29 is 0 Å². The quantitative estimate of drug-likeness (QED) is 0.512. The second-order valence-corrected chi connectivity index (χ2v) is 3.92. The lowest BCUT2D eigenvalue weighted by Gasteiger charge is -2.31. The number of rotatable bonds is 4. The Hall–Kier alpha value is -0.570. The maximum Gasteiger partial charge on any atom is 0.0937 e. The summed E-state index contributed by atoms with van der Waals surface area (Å²) in [4.78, 5) is 2.49. The van der Waals surface area contributed by atoms with E-state index in [1.54, 1.807) is 0 Å². The van der Waals surface area contributed by atoms with Crippen molar-refractivity contribution >= 4 is 5.84 Å². The largest absolute Gasteiger partial charge is 0.387 e. The zero-order chi connectivity index (χ0) is 9.68. The van der Waals surface area contributed by atoms with Gasteiger partial charge in [-0.15, -0.1) is 0 Å². The Labute approximate surface area is 80.8 Å². The summed E-state index contributed by atoms with van der Waals surface area (Å²) in [5.74, 6) is 0.744. The number of nitrogens with one attached hydrogen (secondary N) is 1. The second kappa shape index (κ2) is 5.22. The van der Waals surface area contributed by atoms with Crippen LogP contribution in [-0.4, -0.2) is 30.4 Å². The van der Waals surface area contributed by atoms with Crippen molar-refractivity contribution in [2.24, 2.45) is 11.7 Å². The molecule has 0 aromatic carbocycles. The summed E-state index contributed by atoms with van der Waals surface area (Å²) in [5, 5.41) is 7.35. The van der Waals surface area contributed by atoms with Gasteiger partial charge in [0.05, 0.1) is 5.84 Å². The number of amidine groups is 1. The molecule has 76 valence electrons. The average Bonchev–Trinajstić information content (AvgIpc) is 2.15. The zero-order valence-electron chi connectivity index (χ0n) is 8.55. The first kappa shape index (κ1) is 10.5. The van der Waals surface area contributed by atoms with E-state index in [1.807, 2.05) is 0 Å². The summed E-state index contributed by atoms with van der Waals surface area (Å²) in [6, 6.07) is 0. The highest BCUT2D eigenvalue weighted by molar-refractivity contribution is 5.79. The zero-order valence-corrected chi connectivity index (χ0v) is 8.55.